The summed E-state index contributed by atoms with van der Waals surface area (Å²) in [6.45, 7) is 1.97. The lowest BCUT2D eigenvalue weighted by molar-refractivity contribution is -0.139. The number of hydrogen-bond acceptors (Lipinski definition) is 2. The van der Waals surface area contributed by atoms with Crippen molar-refractivity contribution >= 4 is 18.4 Å². The van der Waals surface area contributed by atoms with Crippen molar-refractivity contribution in [2.24, 2.45) is 0 Å². The molecule has 0 aliphatic heterocycles. The van der Waals surface area contributed by atoms with Crippen LogP contribution in [0.2, 0.25) is 0 Å². The van der Waals surface area contributed by atoms with Crippen molar-refractivity contribution in [3.05, 3.63) is 35.4 Å². The number of rotatable bonds is 3. The summed E-state index contributed by atoms with van der Waals surface area (Å²) in [6, 6.07) is 6.85. The van der Waals surface area contributed by atoms with Crippen LogP contribution in [0.25, 0.3) is 0 Å². The molecule has 2 N–H and O–H groups in total. The van der Waals surface area contributed by atoms with Crippen molar-refractivity contribution in [2.45, 2.75) is 13.0 Å². The fraction of sp³-hybridized carbons (Fsp3) is 0.300. The van der Waals surface area contributed by atoms with E-state index in [-0.39, 0.29) is 12.4 Å². The third-order valence-electron chi connectivity index (χ3n) is 1.95. The molecule has 0 aliphatic rings. The molecule has 0 aliphatic carbocycles. The Hall–Kier alpha value is -1.06. The quantitative estimate of drug-likeness (QED) is 0.808. The van der Waals surface area contributed by atoms with Crippen LogP contribution in [0.4, 0.5) is 0 Å². The largest absolute Gasteiger partial charge is 0.480 e. The second-order valence-electron chi connectivity index (χ2n) is 2.97. The Bertz CT molecular complexity index is 297. The van der Waals surface area contributed by atoms with E-state index in [2.05, 4.69) is 5.32 Å². The first-order valence-electron chi connectivity index (χ1n) is 4.12. The molecule has 1 unspecified atom stereocenters. The van der Waals surface area contributed by atoms with Gasteiger partial charge >= 0.3 is 5.97 Å². The molecule has 1 atom stereocenters. The fourth-order valence-electron chi connectivity index (χ4n) is 1.19. The normalized spacial score (nSPS) is 11.6. The van der Waals surface area contributed by atoms with Crippen LogP contribution in [0.1, 0.15) is 17.2 Å². The average molecular weight is 216 g/mol. The highest BCUT2D eigenvalue weighted by Crippen LogP contribution is 2.13. The molecule has 0 saturated carbocycles. The summed E-state index contributed by atoms with van der Waals surface area (Å²) in [6.07, 6.45) is 0. The van der Waals surface area contributed by atoms with Gasteiger partial charge in [0.1, 0.15) is 6.04 Å². The summed E-state index contributed by atoms with van der Waals surface area (Å²) >= 11 is 0. The van der Waals surface area contributed by atoms with Crippen LogP contribution in [-0.2, 0) is 4.79 Å². The topological polar surface area (TPSA) is 49.3 Å². The third kappa shape index (κ3) is 3.01. The predicted molar refractivity (Wildman–Crippen MR) is 57.9 cm³/mol. The number of nitrogens with one attached hydrogen (secondary N) is 1. The van der Waals surface area contributed by atoms with Gasteiger partial charge in [0.15, 0.2) is 0 Å². The lowest BCUT2D eigenvalue weighted by Crippen LogP contribution is -2.24. The predicted octanol–water partition coefficient (Wildman–Crippen LogP) is 1.76. The zero-order valence-electron chi connectivity index (χ0n) is 8.15. The zero-order chi connectivity index (χ0) is 9.84. The number of carbonyl (C=O) groups is 1. The highest BCUT2D eigenvalue weighted by Gasteiger charge is 2.16. The van der Waals surface area contributed by atoms with E-state index in [9.17, 15) is 4.79 Å². The molecule has 0 aromatic heterocycles. The maximum absolute atomic E-state index is 10.8. The van der Waals surface area contributed by atoms with Gasteiger partial charge in [-0.3, -0.25) is 4.79 Å². The smallest absolute Gasteiger partial charge is 0.325 e. The molecule has 0 amide bonds. The maximum Gasteiger partial charge on any atom is 0.325 e. The average Bonchev–Trinajstić information content (AvgIpc) is 2.09. The summed E-state index contributed by atoms with van der Waals surface area (Å²) in [5.41, 5.74) is 1.91. The van der Waals surface area contributed by atoms with E-state index in [0.29, 0.717) is 0 Å². The molecule has 14 heavy (non-hydrogen) atoms. The van der Waals surface area contributed by atoms with Crippen LogP contribution < -0.4 is 5.32 Å². The van der Waals surface area contributed by atoms with Gasteiger partial charge in [0.25, 0.3) is 0 Å². The molecule has 0 heterocycles. The van der Waals surface area contributed by atoms with Crippen LogP contribution >= 0.6 is 12.4 Å². The number of likely N-dealkylation sites (N-methyl/N-ethyl adjacent to an activating group) is 1. The second kappa shape index (κ2) is 5.62. The minimum absolute atomic E-state index is 0. The van der Waals surface area contributed by atoms with Crippen molar-refractivity contribution < 1.29 is 9.90 Å². The summed E-state index contributed by atoms with van der Waals surface area (Å²) < 4.78 is 0. The van der Waals surface area contributed by atoms with Crippen LogP contribution in [-0.4, -0.2) is 18.1 Å². The Labute approximate surface area is 89.5 Å². The number of carboxylic acids is 1. The van der Waals surface area contributed by atoms with Crippen LogP contribution in [0.5, 0.6) is 0 Å². The first-order valence-corrected chi connectivity index (χ1v) is 4.12. The molecule has 0 saturated heterocycles. The fourth-order valence-corrected chi connectivity index (χ4v) is 1.19. The lowest BCUT2D eigenvalue weighted by Gasteiger charge is -2.11. The van der Waals surface area contributed by atoms with Crippen LogP contribution in [0, 0.1) is 6.92 Å². The maximum atomic E-state index is 10.8. The number of hydrogen-bond donors (Lipinski definition) is 2. The molecule has 1 aromatic rings. The van der Waals surface area contributed by atoms with Crippen LogP contribution in [0.3, 0.4) is 0 Å². The molecule has 0 fully saturated rings. The van der Waals surface area contributed by atoms with Gasteiger partial charge in [0, 0.05) is 0 Å². The van der Waals surface area contributed by atoms with Gasteiger partial charge in [-0.15, -0.1) is 12.4 Å². The van der Waals surface area contributed by atoms with Gasteiger partial charge in [-0.1, -0.05) is 29.8 Å². The van der Waals surface area contributed by atoms with Gasteiger partial charge in [0.05, 0.1) is 0 Å². The minimum Gasteiger partial charge on any atom is -0.480 e. The van der Waals surface area contributed by atoms with E-state index in [1.54, 1.807) is 7.05 Å². The summed E-state index contributed by atoms with van der Waals surface area (Å²) in [7, 11) is 1.64. The van der Waals surface area contributed by atoms with Crippen LogP contribution in [0.15, 0.2) is 24.3 Å². The zero-order valence-corrected chi connectivity index (χ0v) is 8.97. The van der Waals surface area contributed by atoms with Crippen molar-refractivity contribution in [2.75, 3.05) is 7.05 Å². The third-order valence-corrected chi connectivity index (χ3v) is 1.95. The Balaban J connectivity index is 0.00000169. The van der Waals surface area contributed by atoms with Gasteiger partial charge in [-0.25, -0.2) is 0 Å². The summed E-state index contributed by atoms with van der Waals surface area (Å²) in [5.74, 6) is -0.855. The molecule has 0 bridgehead atoms. The van der Waals surface area contributed by atoms with Gasteiger partial charge in [-0.2, -0.15) is 0 Å². The standard InChI is InChI=1S/C10H13NO2.ClH/c1-7-3-5-8(6-4-7)9(11-2)10(12)13;/h3-6,9,11H,1-2H3,(H,12,13);1H. The number of benzene rings is 1. The molecule has 1 rings (SSSR count). The van der Waals surface area contributed by atoms with Crippen molar-refractivity contribution in [3.63, 3.8) is 0 Å². The van der Waals surface area contributed by atoms with Gasteiger partial charge in [0.2, 0.25) is 0 Å². The first kappa shape index (κ1) is 12.9. The number of aryl methyl sites for hydroxylation is 1. The second-order valence-corrected chi connectivity index (χ2v) is 2.97. The highest BCUT2D eigenvalue weighted by atomic mass is 35.5. The van der Waals surface area contributed by atoms with Crippen molar-refractivity contribution in [1.29, 1.82) is 0 Å². The summed E-state index contributed by atoms with van der Waals surface area (Å²) in [4.78, 5) is 10.8. The van der Waals surface area contributed by atoms with E-state index in [1.807, 2.05) is 31.2 Å². The van der Waals surface area contributed by atoms with E-state index < -0.39 is 12.0 Å². The highest BCUT2D eigenvalue weighted by molar-refractivity contribution is 5.85. The molecule has 3 nitrogen and oxygen atoms in total. The number of carboxylic acid groups (broad SMARTS) is 1. The SMILES string of the molecule is CNC(C(=O)O)c1ccc(C)cc1.Cl. The van der Waals surface area contributed by atoms with Crippen molar-refractivity contribution in [3.8, 4) is 0 Å². The Kier molecular flexibility index (Phi) is 5.20. The molecule has 1 aromatic carbocycles. The minimum atomic E-state index is -0.855. The lowest BCUT2D eigenvalue weighted by atomic mass is 10.1. The molecule has 0 spiro atoms. The molecule has 4 heteroatoms. The number of halogens is 1. The van der Waals surface area contributed by atoms with E-state index in [4.69, 9.17) is 5.11 Å². The van der Waals surface area contributed by atoms with E-state index in [0.717, 1.165) is 11.1 Å². The molecule has 0 radical (unpaired) electrons. The summed E-state index contributed by atoms with van der Waals surface area (Å²) in [5, 5.41) is 11.6. The Morgan fingerprint density at radius 3 is 2.21 bits per heavy atom. The molecular formula is C10H14ClNO2. The Morgan fingerprint density at radius 1 is 1.36 bits per heavy atom. The van der Waals surface area contributed by atoms with Gasteiger partial charge in [-0.05, 0) is 19.5 Å². The van der Waals surface area contributed by atoms with E-state index >= 15 is 0 Å². The Morgan fingerprint density at radius 2 is 1.86 bits per heavy atom. The molecular weight excluding hydrogens is 202 g/mol. The van der Waals surface area contributed by atoms with Gasteiger partial charge < -0.3 is 10.4 Å². The van der Waals surface area contributed by atoms with Crippen molar-refractivity contribution in [1.82, 2.24) is 5.32 Å². The number of aliphatic carboxylic acids is 1. The van der Waals surface area contributed by atoms with E-state index in [1.165, 1.54) is 0 Å². The molecule has 78 valence electrons. The first-order chi connectivity index (χ1) is 6.15. The monoisotopic (exact) mass is 215 g/mol.